The summed E-state index contributed by atoms with van der Waals surface area (Å²) in [6.07, 6.45) is 3.57. The lowest BCUT2D eigenvalue weighted by molar-refractivity contribution is -0.123. The molecule has 0 aliphatic carbocycles. The van der Waals surface area contributed by atoms with Gasteiger partial charge in [0.25, 0.3) is 0 Å². The third kappa shape index (κ3) is 4.95. The number of pyridine rings is 1. The van der Waals surface area contributed by atoms with Crippen LogP contribution in [0.25, 0.3) is 0 Å². The summed E-state index contributed by atoms with van der Waals surface area (Å²) in [4.78, 5) is 15.3. The van der Waals surface area contributed by atoms with E-state index in [1.54, 1.807) is 12.4 Å². The zero-order valence-corrected chi connectivity index (χ0v) is 10.7. The van der Waals surface area contributed by atoms with Crippen LogP contribution in [0.2, 0.25) is 0 Å². The van der Waals surface area contributed by atoms with Gasteiger partial charge in [0, 0.05) is 37.4 Å². The first kappa shape index (κ1) is 13.6. The predicted octanol–water partition coefficient (Wildman–Crippen LogP) is 1.50. The van der Waals surface area contributed by atoms with Crippen molar-refractivity contribution in [1.29, 1.82) is 0 Å². The van der Waals surface area contributed by atoms with Crippen molar-refractivity contribution >= 4 is 5.91 Å². The fourth-order valence-corrected chi connectivity index (χ4v) is 1.45. The topological polar surface area (TPSA) is 54.0 Å². The summed E-state index contributed by atoms with van der Waals surface area (Å²) in [6.45, 7) is 7.30. The molecule has 0 aliphatic rings. The van der Waals surface area contributed by atoms with Crippen molar-refractivity contribution < 1.29 is 4.79 Å². The number of hydrogen-bond donors (Lipinski definition) is 2. The van der Waals surface area contributed by atoms with Crippen LogP contribution >= 0.6 is 0 Å². The Hall–Kier alpha value is -1.42. The normalized spacial score (nSPS) is 12.5. The van der Waals surface area contributed by atoms with Crippen LogP contribution in [0.15, 0.2) is 24.5 Å². The Morgan fingerprint density at radius 1 is 1.24 bits per heavy atom. The molecule has 0 saturated heterocycles. The molecule has 1 rings (SSSR count). The van der Waals surface area contributed by atoms with E-state index in [1.807, 2.05) is 26.0 Å². The van der Waals surface area contributed by atoms with E-state index < -0.39 is 0 Å². The minimum absolute atomic E-state index is 0.0487. The van der Waals surface area contributed by atoms with Gasteiger partial charge in [0.2, 0.25) is 5.91 Å². The number of carbonyl (C=O) groups excluding carboxylic acids is 1. The smallest absolute Gasteiger partial charge is 0.222 e. The third-order valence-electron chi connectivity index (χ3n) is 2.61. The third-order valence-corrected chi connectivity index (χ3v) is 2.61. The average Bonchev–Trinajstić information content (AvgIpc) is 2.35. The summed E-state index contributed by atoms with van der Waals surface area (Å²) in [6, 6.07) is 4.25. The Kier molecular flexibility index (Phi) is 5.63. The Morgan fingerprint density at radius 2 is 1.88 bits per heavy atom. The van der Waals surface area contributed by atoms with Gasteiger partial charge in [-0.1, -0.05) is 13.8 Å². The highest BCUT2D eigenvalue weighted by atomic mass is 16.1. The molecule has 0 fully saturated rings. The highest BCUT2D eigenvalue weighted by Gasteiger charge is 2.06. The van der Waals surface area contributed by atoms with Gasteiger partial charge in [0.05, 0.1) is 0 Å². The summed E-state index contributed by atoms with van der Waals surface area (Å²) in [7, 11) is 0. The summed E-state index contributed by atoms with van der Waals surface area (Å²) in [5.41, 5.74) is 1.20. The number of hydrogen-bond acceptors (Lipinski definition) is 3. The van der Waals surface area contributed by atoms with Crippen molar-refractivity contribution in [2.75, 3.05) is 13.1 Å². The molecule has 1 heterocycles. The van der Waals surface area contributed by atoms with E-state index in [-0.39, 0.29) is 17.9 Å². The van der Waals surface area contributed by atoms with Crippen molar-refractivity contribution in [2.45, 2.75) is 26.8 Å². The second kappa shape index (κ2) is 7.01. The molecule has 17 heavy (non-hydrogen) atoms. The molecule has 94 valence electrons. The summed E-state index contributed by atoms with van der Waals surface area (Å²) in [5, 5.41) is 6.23. The van der Waals surface area contributed by atoms with Crippen molar-refractivity contribution in [3.05, 3.63) is 30.1 Å². The average molecular weight is 235 g/mol. The maximum absolute atomic E-state index is 11.3. The molecule has 0 spiro atoms. The van der Waals surface area contributed by atoms with Crippen LogP contribution in [-0.4, -0.2) is 24.0 Å². The molecule has 4 nitrogen and oxygen atoms in total. The van der Waals surface area contributed by atoms with Gasteiger partial charge < -0.3 is 10.6 Å². The first-order valence-electron chi connectivity index (χ1n) is 6.02. The number of nitrogens with one attached hydrogen (secondary N) is 2. The molecule has 1 atom stereocenters. The molecule has 0 bridgehead atoms. The Balaban J connectivity index is 2.21. The molecular formula is C13H21N3O. The molecule has 1 unspecified atom stereocenters. The van der Waals surface area contributed by atoms with Gasteiger partial charge in [-0.3, -0.25) is 9.78 Å². The van der Waals surface area contributed by atoms with Crippen LogP contribution in [0.1, 0.15) is 32.4 Å². The van der Waals surface area contributed by atoms with Crippen molar-refractivity contribution in [3.8, 4) is 0 Å². The lowest BCUT2D eigenvalue weighted by Gasteiger charge is -2.14. The van der Waals surface area contributed by atoms with E-state index in [0.29, 0.717) is 6.54 Å². The number of amides is 1. The number of rotatable bonds is 6. The molecule has 1 amide bonds. The first-order valence-corrected chi connectivity index (χ1v) is 6.02. The summed E-state index contributed by atoms with van der Waals surface area (Å²) < 4.78 is 0. The molecule has 4 heteroatoms. The summed E-state index contributed by atoms with van der Waals surface area (Å²) >= 11 is 0. The van der Waals surface area contributed by atoms with E-state index in [9.17, 15) is 4.79 Å². The Bertz CT molecular complexity index is 338. The van der Waals surface area contributed by atoms with Gasteiger partial charge in [-0.05, 0) is 24.6 Å². The van der Waals surface area contributed by atoms with Crippen LogP contribution in [0.4, 0.5) is 0 Å². The van der Waals surface area contributed by atoms with Crippen molar-refractivity contribution in [3.63, 3.8) is 0 Å². The molecule has 2 N–H and O–H groups in total. The second-order valence-electron chi connectivity index (χ2n) is 4.40. The highest BCUT2D eigenvalue weighted by Crippen LogP contribution is 2.08. The van der Waals surface area contributed by atoms with Crippen LogP contribution in [-0.2, 0) is 4.79 Å². The maximum atomic E-state index is 11.3. The number of aromatic nitrogens is 1. The van der Waals surface area contributed by atoms with Crippen LogP contribution in [0.3, 0.4) is 0 Å². The van der Waals surface area contributed by atoms with Gasteiger partial charge in [-0.25, -0.2) is 0 Å². The van der Waals surface area contributed by atoms with Crippen molar-refractivity contribution in [2.24, 2.45) is 5.92 Å². The predicted molar refractivity (Wildman–Crippen MR) is 68.5 cm³/mol. The van der Waals surface area contributed by atoms with Crippen molar-refractivity contribution in [1.82, 2.24) is 15.6 Å². The minimum atomic E-state index is 0.0487. The van der Waals surface area contributed by atoms with Gasteiger partial charge in [0.15, 0.2) is 0 Å². The molecule has 0 aliphatic heterocycles. The molecule has 0 radical (unpaired) electrons. The van der Waals surface area contributed by atoms with Gasteiger partial charge in [-0.15, -0.1) is 0 Å². The largest absolute Gasteiger partial charge is 0.355 e. The fourth-order valence-electron chi connectivity index (χ4n) is 1.45. The Morgan fingerprint density at radius 3 is 2.47 bits per heavy atom. The zero-order chi connectivity index (χ0) is 12.7. The monoisotopic (exact) mass is 235 g/mol. The number of carbonyl (C=O) groups is 1. The fraction of sp³-hybridized carbons (Fsp3) is 0.538. The molecule has 0 saturated carbocycles. The first-order chi connectivity index (χ1) is 8.11. The van der Waals surface area contributed by atoms with E-state index in [2.05, 4.69) is 22.5 Å². The molecule has 1 aromatic rings. The standard InChI is InChI=1S/C13H21N3O/c1-10(2)13(17)16-9-8-15-11(3)12-4-6-14-7-5-12/h4-7,10-11,15H,8-9H2,1-3H3,(H,16,17). The van der Waals surface area contributed by atoms with Gasteiger partial charge in [0.1, 0.15) is 0 Å². The van der Waals surface area contributed by atoms with E-state index in [0.717, 1.165) is 6.54 Å². The van der Waals surface area contributed by atoms with Crippen LogP contribution < -0.4 is 10.6 Å². The lowest BCUT2D eigenvalue weighted by Crippen LogP contribution is -2.35. The maximum Gasteiger partial charge on any atom is 0.222 e. The minimum Gasteiger partial charge on any atom is -0.355 e. The number of nitrogens with zero attached hydrogens (tertiary/aromatic N) is 1. The van der Waals surface area contributed by atoms with Crippen LogP contribution in [0.5, 0.6) is 0 Å². The quantitative estimate of drug-likeness (QED) is 0.735. The van der Waals surface area contributed by atoms with Gasteiger partial charge >= 0.3 is 0 Å². The lowest BCUT2D eigenvalue weighted by atomic mass is 10.1. The van der Waals surface area contributed by atoms with E-state index in [1.165, 1.54) is 5.56 Å². The van der Waals surface area contributed by atoms with Crippen LogP contribution in [0, 0.1) is 5.92 Å². The van der Waals surface area contributed by atoms with E-state index >= 15 is 0 Å². The molecule has 1 aromatic heterocycles. The second-order valence-corrected chi connectivity index (χ2v) is 4.40. The Labute approximate surface area is 103 Å². The molecular weight excluding hydrogens is 214 g/mol. The summed E-state index contributed by atoms with van der Waals surface area (Å²) in [5.74, 6) is 0.149. The SMILES string of the molecule is CC(C)C(=O)NCCNC(C)c1ccncc1. The highest BCUT2D eigenvalue weighted by molar-refractivity contribution is 5.77. The van der Waals surface area contributed by atoms with E-state index in [4.69, 9.17) is 0 Å². The molecule has 0 aromatic carbocycles. The zero-order valence-electron chi connectivity index (χ0n) is 10.7. The van der Waals surface area contributed by atoms with Gasteiger partial charge in [-0.2, -0.15) is 0 Å².